The van der Waals surface area contributed by atoms with Gasteiger partial charge >= 0.3 is 12.0 Å². The molecule has 0 saturated carbocycles. The number of nitrogens with zero attached hydrogens (tertiary/aromatic N) is 1. The molecule has 2 saturated heterocycles. The lowest BCUT2D eigenvalue weighted by Crippen LogP contribution is -2.56. The number of rotatable bonds is 3. The summed E-state index contributed by atoms with van der Waals surface area (Å²) >= 11 is 0. The van der Waals surface area contributed by atoms with Gasteiger partial charge in [-0.05, 0) is 39.5 Å². The molecule has 0 aromatic heterocycles. The van der Waals surface area contributed by atoms with Gasteiger partial charge in [-0.2, -0.15) is 0 Å². The molecule has 0 aromatic carbocycles. The van der Waals surface area contributed by atoms with E-state index in [0.29, 0.717) is 12.8 Å². The van der Waals surface area contributed by atoms with E-state index in [-0.39, 0.29) is 30.6 Å². The minimum Gasteiger partial charge on any atom is -0.481 e. The van der Waals surface area contributed by atoms with Gasteiger partial charge in [-0.3, -0.25) is 4.79 Å². The maximum atomic E-state index is 12.3. The van der Waals surface area contributed by atoms with E-state index in [4.69, 9.17) is 5.11 Å². The Morgan fingerprint density at radius 1 is 1.26 bits per heavy atom. The molecule has 0 spiro atoms. The van der Waals surface area contributed by atoms with Crippen LogP contribution in [-0.2, 0) is 4.79 Å². The fraction of sp³-hybridized carbons (Fsp3) is 0.846. The van der Waals surface area contributed by atoms with Gasteiger partial charge in [0.05, 0.1) is 12.5 Å². The van der Waals surface area contributed by atoms with E-state index in [0.717, 1.165) is 12.8 Å². The van der Waals surface area contributed by atoms with Gasteiger partial charge in [0.2, 0.25) is 0 Å². The predicted molar refractivity (Wildman–Crippen MR) is 68.8 cm³/mol. The Balaban J connectivity index is 1.99. The van der Waals surface area contributed by atoms with Crippen LogP contribution in [-0.4, -0.2) is 50.8 Å². The van der Waals surface area contributed by atoms with Crippen molar-refractivity contribution in [3.63, 3.8) is 0 Å². The first-order chi connectivity index (χ1) is 8.78. The number of urea groups is 1. The minimum atomic E-state index is -0.928. The quantitative estimate of drug-likeness (QED) is 0.712. The SMILES string of the molecule is CC(C)(CC(=O)O)NC(=O)N1C2CCC1CC(O)C2. The van der Waals surface area contributed by atoms with Crippen LogP contribution in [0.1, 0.15) is 46.0 Å². The van der Waals surface area contributed by atoms with Gasteiger partial charge in [0.25, 0.3) is 0 Å². The van der Waals surface area contributed by atoms with Crippen molar-refractivity contribution >= 4 is 12.0 Å². The second-order valence-corrected chi connectivity index (χ2v) is 6.30. The summed E-state index contributed by atoms with van der Waals surface area (Å²) in [6, 6.07) is -0.0191. The van der Waals surface area contributed by atoms with Crippen molar-refractivity contribution in [1.82, 2.24) is 10.2 Å². The number of aliphatic hydroxyl groups excluding tert-OH is 1. The van der Waals surface area contributed by atoms with Crippen LogP contribution in [0.3, 0.4) is 0 Å². The first-order valence-electron chi connectivity index (χ1n) is 6.79. The summed E-state index contributed by atoms with van der Waals surface area (Å²) in [5, 5.41) is 21.3. The third-order valence-corrected chi connectivity index (χ3v) is 3.98. The van der Waals surface area contributed by atoms with Crippen LogP contribution in [0.25, 0.3) is 0 Å². The zero-order valence-electron chi connectivity index (χ0n) is 11.4. The van der Waals surface area contributed by atoms with Crippen molar-refractivity contribution < 1.29 is 19.8 Å². The molecule has 2 unspecified atom stereocenters. The zero-order valence-corrected chi connectivity index (χ0v) is 11.4. The molecule has 2 bridgehead atoms. The average molecular weight is 270 g/mol. The van der Waals surface area contributed by atoms with Crippen LogP contribution in [0, 0.1) is 0 Å². The topological polar surface area (TPSA) is 89.9 Å². The molecule has 2 amide bonds. The highest BCUT2D eigenvalue weighted by molar-refractivity contribution is 5.77. The first-order valence-corrected chi connectivity index (χ1v) is 6.79. The van der Waals surface area contributed by atoms with Crippen molar-refractivity contribution in [2.75, 3.05) is 0 Å². The van der Waals surface area contributed by atoms with Crippen LogP contribution in [0.5, 0.6) is 0 Å². The van der Waals surface area contributed by atoms with Crippen LogP contribution in [0.15, 0.2) is 0 Å². The highest BCUT2D eigenvalue weighted by atomic mass is 16.4. The number of aliphatic carboxylic acids is 1. The Morgan fingerprint density at radius 2 is 1.79 bits per heavy atom. The van der Waals surface area contributed by atoms with E-state index < -0.39 is 11.5 Å². The number of fused-ring (bicyclic) bond motifs is 2. The number of carbonyl (C=O) groups is 2. The second kappa shape index (κ2) is 5.00. The van der Waals surface area contributed by atoms with E-state index >= 15 is 0 Å². The maximum absolute atomic E-state index is 12.3. The molecule has 2 aliphatic heterocycles. The molecule has 0 aliphatic carbocycles. The number of nitrogens with one attached hydrogen (secondary N) is 1. The summed E-state index contributed by atoms with van der Waals surface area (Å²) in [6.07, 6.45) is 2.69. The van der Waals surface area contributed by atoms with Crippen molar-refractivity contribution in [3.8, 4) is 0 Å². The highest BCUT2D eigenvalue weighted by Crippen LogP contribution is 2.35. The summed E-state index contributed by atoms with van der Waals surface area (Å²) in [5.41, 5.74) is -0.765. The molecule has 108 valence electrons. The fourth-order valence-electron chi connectivity index (χ4n) is 3.26. The molecule has 0 aromatic rings. The Kier molecular flexibility index (Phi) is 3.71. The lowest BCUT2D eigenvalue weighted by molar-refractivity contribution is -0.138. The average Bonchev–Trinajstić information content (AvgIpc) is 2.48. The van der Waals surface area contributed by atoms with E-state index in [9.17, 15) is 14.7 Å². The van der Waals surface area contributed by atoms with Crippen molar-refractivity contribution in [1.29, 1.82) is 0 Å². The molecule has 2 heterocycles. The van der Waals surface area contributed by atoms with Crippen LogP contribution in [0.4, 0.5) is 4.79 Å². The number of carbonyl (C=O) groups excluding carboxylic acids is 1. The minimum absolute atomic E-state index is 0.0920. The van der Waals surface area contributed by atoms with E-state index in [1.165, 1.54) is 0 Å². The number of amides is 2. The number of piperidine rings is 1. The summed E-state index contributed by atoms with van der Waals surface area (Å²) in [7, 11) is 0. The Bertz CT molecular complexity index is 369. The van der Waals surface area contributed by atoms with Crippen molar-refractivity contribution in [2.24, 2.45) is 0 Å². The van der Waals surface area contributed by atoms with E-state index in [1.54, 1.807) is 18.7 Å². The molecule has 0 radical (unpaired) electrons. The molecule has 19 heavy (non-hydrogen) atoms. The highest BCUT2D eigenvalue weighted by Gasteiger charge is 2.43. The third kappa shape index (κ3) is 3.18. The van der Waals surface area contributed by atoms with Gasteiger partial charge < -0.3 is 20.4 Å². The fourth-order valence-corrected chi connectivity index (χ4v) is 3.26. The number of carboxylic acids is 1. The smallest absolute Gasteiger partial charge is 0.318 e. The monoisotopic (exact) mass is 270 g/mol. The van der Waals surface area contributed by atoms with Crippen LogP contribution < -0.4 is 5.32 Å². The van der Waals surface area contributed by atoms with Crippen LogP contribution in [0.2, 0.25) is 0 Å². The van der Waals surface area contributed by atoms with Gasteiger partial charge in [-0.1, -0.05) is 0 Å². The Morgan fingerprint density at radius 3 is 2.26 bits per heavy atom. The molecule has 2 aliphatic rings. The molecular weight excluding hydrogens is 248 g/mol. The molecule has 2 fully saturated rings. The maximum Gasteiger partial charge on any atom is 0.318 e. The summed E-state index contributed by atoms with van der Waals surface area (Å²) < 4.78 is 0. The molecule has 6 heteroatoms. The second-order valence-electron chi connectivity index (χ2n) is 6.30. The standard InChI is InChI=1S/C13H22N2O4/c1-13(2,7-11(17)18)14-12(19)15-8-3-4-9(15)6-10(16)5-8/h8-10,16H,3-7H2,1-2H3,(H,14,19)(H,17,18). The van der Waals surface area contributed by atoms with E-state index in [2.05, 4.69) is 5.32 Å². The van der Waals surface area contributed by atoms with Gasteiger partial charge in [0.15, 0.2) is 0 Å². The number of hydrogen-bond acceptors (Lipinski definition) is 3. The summed E-state index contributed by atoms with van der Waals surface area (Å²) in [6.45, 7) is 3.42. The first kappa shape index (κ1) is 14.1. The Labute approximate surface area is 112 Å². The molecule has 2 rings (SSSR count). The largest absolute Gasteiger partial charge is 0.481 e. The summed E-state index contributed by atoms with van der Waals surface area (Å²) in [5.74, 6) is -0.928. The lowest BCUT2D eigenvalue weighted by Gasteiger charge is -2.39. The molecule has 2 atom stereocenters. The molecular formula is C13H22N2O4. The van der Waals surface area contributed by atoms with Crippen molar-refractivity contribution in [2.45, 2.75) is 69.7 Å². The van der Waals surface area contributed by atoms with E-state index in [1.807, 2.05) is 0 Å². The third-order valence-electron chi connectivity index (χ3n) is 3.98. The molecule has 6 nitrogen and oxygen atoms in total. The van der Waals surface area contributed by atoms with Crippen molar-refractivity contribution in [3.05, 3.63) is 0 Å². The van der Waals surface area contributed by atoms with Crippen LogP contribution >= 0.6 is 0 Å². The lowest BCUT2D eigenvalue weighted by atomic mass is 9.99. The number of hydrogen-bond donors (Lipinski definition) is 3. The van der Waals surface area contributed by atoms with Gasteiger partial charge in [-0.15, -0.1) is 0 Å². The number of aliphatic hydroxyl groups is 1. The predicted octanol–water partition coefficient (Wildman–Crippen LogP) is 0.937. The number of carboxylic acid groups (broad SMARTS) is 1. The van der Waals surface area contributed by atoms with Gasteiger partial charge in [-0.25, -0.2) is 4.79 Å². The normalized spacial score (nSPS) is 30.3. The zero-order chi connectivity index (χ0) is 14.2. The van der Waals surface area contributed by atoms with Gasteiger partial charge in [0.1, 0.15) is 0 Å². The summed E-state index contributed by atoms with van der Waals surface area (Å²) in [4.78, 5) is 24.9. The Hall–Kier alpha value is -1.30. The molecule has 3 N–H and O–H groups in total. The van der Waals surface area contributed by atoms with Gasteiger partial charge in [0, 0.05) is 17.6 Å².